The van der Waals surface area contributed by atoms with Crippen molar-refractivity contribution in [1.82, 2.24) is 5.32 Å². The van der Waals surface area contributed by atoms with Gasteiger partial charge in [0.1, 0.15) is 0 Å². The monoisotopic (exact) mass is 150 g/mol. The van der Waals surface area contributed by atoms with E-state index in [1.807, 2.05) is 0 Å². The molecule has 0 bridgehead atoms. The van der Waals surface area contributed by atoms with Crippen LogP contribution in [0.3, 0.4) is 0 Å². The fraction of sp³-hybridized carbons (Fsp3) is 0.600. The lowest BCUT2D eigenvalue weighted by atomic mass is 9.92. The first kappa shape index (κ1) is 8.38. The van der Waals surface area contributed by atoms with Crippen molar-refractivity contribution in [3.05, 3.63) is 23.0 Å². The van der Waals surface area contributed by atoms with E-state index in [4.69, 9.17) is 0 Å². The Bertz CT molecular complexity index is 226. The molecule has 0 saturated carbocycles. The summed E-state index contributed by atoms with van der Waals surface area (Å²) in [6.07, 6.45) is 2.18. The van der Waals surface area contributed by atoms with Gasteiger partial charge in [-0.2, -0.15) is 0 Å². The molecular formula is C10H16N. The summed E-state index contributed by atoms with van der Waals surface area (Å²) >= 11 is 0. The quantitative estimate of drug-likeness (QED) is 0.504. The Morgan fingerprint density at radius 2 is 1.73 bits per heavy atom. The first-order chi connectivity index (χ1) is 4.91. The molecule has 1 radical (unpaired) electrons. The largest absolute Gasteiger partial charge is 0.257 e. The number of nitrogens with zero attached hydrogens (tertiary/aromatic N) is 1. The molecule has 1 aliphatic rings. The number of hydrogen-bond donors (Lipinski definition) is 0. The van der Waals surface area contributed by atoms with Crippen molar-refractivity contribution in [1.29, 1.82) is 0 Å². The van der Waals surface area contributed by atoms with E-state index in [-0.39, 0.29) is 5.41 Å². The van der Waals surface area contributed by atoms with Gasteiger partial charge in [-0.05, 0) is 25.5 Å². The summed E-state index contributed by atoms with van der Waals surface area (Å²) in [5, 5.41) is 4.48. The van der Waals surface area contributed by atoms with E-state index in [2.05, 4.69) is 46.0 Å². The molecule has 0 aromatic rings. The maximum Gasteiger partial charge on any atom is 0.0463 e. The Balaban J connectivity index is 2.80. The molecule has 1 heteroatoms. The second kappa shape index (κ2) is 2.40. The standard InChI is InChI=1S/C10H16N/c1-7-6-9(10(3,4)5)11-8(7)2/h6H,1-5H3. The number of hydrogen-bond acceptors (Lipinski definition) is 0. The lowest BCUT2D eigenvalue weighted by Crippen LogP contribution is -2.14. The highest BCUT2D eigenvalue weighted by Crippen LogP contribution is 2.30. The maximum absolute atomic E-state index is 4.48. The lowest BCUT2D eigenvalue weighted by molar-refractivity contribution is 0.476. The summed E-state index contributed by atoms with van der Waals surface area (Å²) in [7, 11) is 0. The van der Waals surface area contributed by atoms with E-state index in [9.17, 15) is 0 Å². The van der Waals surface area contributed by atoms with Crippen LogP contribution in [0, 0.1) is 5.41 Å². The van der Waals surface area contributed by atoms with Gasteiger partial charge >= 0.3 is 0 Å². The number of rotatable bonds is 0. The van der Waals surface area contributed by atoms with Gasteiger partial charge in [-0.25, -0.2) is 0 Å². The van der Waals surface area contributed by atoms with Crippen molar-refractivity contribution in [2.45, 2.75) is 34.6 Å². The predicted molar refractivity (Wildman–Crippen MR) is 48.0 cm³/mol. The molecule has 61 valence electrons. The van der Waals surface area contributed by atoms with Gasteiger partial charge < -0.3 is 0 Å². The fourth-order valence-corrected chi connectivity index (χ4v) is 0.995. The molecule has 1 aliphatic heterocycles. The van der Waals surface area contributed by atoms with Crippen molar-refractivity contribution < 1.29 is 0 Å². The van der Waals surface area contributed by atoms with Crippen LogP contribution in [0.15, 0.2) is 23.0 Å². The van der Waals surface area contributed by atoms with E-state index >= 15 is 0 Å². The molecule has 0 aliphatic carbocycles. The Labute approximate surface area is 69.2 Å². The molecule has 0 aromatic carbocycles. The molecule has 0 saturated heterocycles. The molecule has 0 aromatic heterocycles. The molecule has 0 amide bonds. The zero-order valence-electron chi connectivity index (χ0n) is 8.02. The molecule has 0 N–H and O–H groups in total. The van der Waals surface area contributed by atoms with Crippen molar-refractivity contribution in [2.24, 2.45) is 5.41 Å². The van der Waals surface area contributed by atoms with Crippen molar-refractivity contribution >= 4 is 0 Å². The lowest BCUT2D eigenvalue weighted by Gasteiger charge is -2.19. The molecule has 11 heavy (non-hydrogen) atoms. The van der Waals surface area contributed by atoms with E-state index in [0.29, 0.717) is 0 Å². The van der Waals surface area contributed by atoms with Gasteiger partial charge in [0.2, 0.25) is 0 Å². The normalized spacial score (nSPS) is 18.5. The topological polar surface area (TPSA) is 14.1 Å². The smallest absolute Gasteiger partial charge is 0.0463 e. The van der Waals surface area contributed by atoms with Crippen molar-refractivity contribution in [2.75, 3.05) is 0 Å². The highest BCUT2D eigenvalue weighted by molar-refractivity contribution is 5.35. The molecule has 1 heterocycles. The highest BCUT2D eigenvalue weighted by atomic mass is 14.9. The van der Waals surface area contributed by atoms with E-state index in [1.165, 1.54) is 11.3 Å². The van der Waals surface area contributed by atoms with Crippen LogP contribution >= 0.6 is 0 Å². The molecule has 1 rings (SSSR count). The zero-order valence-corrected chi connectivity index (χ0v) is 8.02. The van der Waals surface area contributed by atoms with Gasteiger partial charge in [0.05, 0.1) is 0 Å². The van der Waals surface area contributed by atoms with Crippen LogP contribution < -0.4 is 5.32 Å². The Morgan fingerprint density at radius 3 is 1.91 bits per heavy atom. The van der Waals surface area contributed by atoms with Gasteiger partial charge in [-0.1, -0.05) is 20.8 Å². The van der Waals surface area contributed by atoms with Gasteiger partial charge in [0.15, 0.2) is 0 Å². The summed E-state index contributed by atoms with van der Waals surface area (Å²) in [5.74, 6) is 0. The molecule has 0 unspecified atom stereocenters. The predicted octanol–water partition coefficient (Wildman–Crippen LogP) is 2.83. The molecule has 0 spiro atoms. The van der Waals surface area contributed by atoms with Crippen LogP contribution in [-0.2, 0) is 0 Å². The van der Waals surface area contributed by atoms with Crippen LogP contribution in [0.1, 0.15) is 34.6 Å². The zero-order chi connectivity index (χ0) is 8.65. The minimum absolute atomic E-state index is 0.193. The fourth-order valence-electron chi connectivity index (χ4n) is 0.995. The second-order valence-corrected chi connectivity index (χ2v) is 4.16. The molecule has 0 fully saturated rings. The molecule has 1 nitrogen and oxygen atoms in total. The minimum Gasteiger partial charge on any atom is -0.257 e. The van der Waals surface area contributed by atoms with Crippen molar-refractivity contribution in [3.8, 4) is 0 Å². The Morgan fingerprint density at radius 1 is 1.18 bits per heavy atom. The molecule has 0 atom stereocenters. The van der Waals surface area contributed by atoms with E-state index < -0.39 is 0 Å². The third kappa shape index (κ3) is 1.65. The van der Waals surface area contributed by atoms with Crippen LogP contribution in [0.4, 0.5) is 0 Å². The first-order valence-corrected chi connectivity index (χ1v) is 4.02. The maximum atomic E-state index is 4.48. The van der Waals surface area contributed by atoms with Crippen LogP contribution in [0.5, 0.6) is 0 Å². The van der Waals surface area contributed by atoms with Crippen LogP contribution in [-0.4, -0.2) is 0 Å². The summed E-state index contributed by atoms with van der Waals surface area (Å²) in [4.78, 5) is 0. The summed E-state index contributed by atoms with van der Waals surface area (Å²) in [6, 6.07) is 0. The van der Waals surface area contributed by atoms with Gasteiger partial charge in [-0.3, -0.25) is 5.32 Å². The van der Waals surface area contributed by atoms with Gasteiger partial charge in [0.25, 0.3) is 0 Å². The number of allylic oxidation sites excluding steroid dienone is 4. The van der Waals surface area contributed by atoms with Crippen molar-refractivity contribution in [3.63, 3.8) is 0 Å². The average Bonchev–Trinajstić information content (AvgIpc) is 2.11. The SMILES string of the molecule is CC1=C(C)[N]C(C(C)(C)C)=C1. The third-order valence-electron chi connectivity index (χ3n) is 1.98. The highest BCUT2D eigenvalue weighted by Gasteiger charge is 2.22. The average molecular weight is 150 g/mol. The summed E-state index contributed by atoms with van der Waals surface area (Å²) < 4.78 is 0. The Hall–Kier alpha value is -0.720. The van der Waals surface area contributed by atoms with Crippen LogP contribution in [0.25, 0.3) is 0 Å². The van der Waals surface area contributed by atoms with E-state index in [1.54, 1.807) is 0 Å². The first-order valence-electron chi connectivity index (χ1n) is 4.02. The summed E-state index contributed by atoms with van der Waals surface area (Å²) in [6.45, 7) is 10.7. The third-order valence-corrected chi connectivity index (χ3v) is 1.98. The van der Waals surface area contributed by atoms with Gasteiger partial charge in [-0.15, -0.1) is 0 Å². The second-order valence-electron chi connectivity index (χ2n) is 4.16. The Kier molecular flexibility index (Phi) is 1.83. The molecular weight excluding hydrogens is 134 g/mol. The van der Waals surface area contributed by atoms with Crippen LogP contribution in [0.2, 0.25) is 0 Å². The van der Waals surface area contributed by atoms with Gasteiger partial charge in [0, 0.05) is 16.8 Å². The minimum atomic E-state index is 0.193. The van der Waals surface area contributed by atoms with E-state index in [0.717, 1.165) is 5.70 Å². The summed E-state index contributed by atoms with van der Waals surface area (Å²) in [5.41, 5.74) is 3.86.